The van der Waals surface area contributed by atoms with Gasteiger partial charge in [-0.15, -0.1) is 0 Å². The fourth-order valence-corrected chi connectivity index (χ4v) is 18.5. The molecule has 117 heavy (non-hydrogen) atoms. The van der Waals surface area contributed by atoms with Gasteiger partial charge in [0.2, 0.25) is 0 Å². The molecule has 5 heterocycles. The summed E-state index contributed by atoms with van der Waals surface area (Å²) in [7, 11) is 0. The van der Waals surface area contributed by atoms with Crippen molar-refractivity contribution in [2.75, 3.05) is 19.6 Å². The van der Waals surface area contributed by atoms with Crippen molar-refractivity contribution in [3.8, 4) is 5.69 Å². The van der Waals surface area contributed by atoms with E-state index in [2.05, 4.69) is 455 Å². The van der Waals surface area contributed by atoms with Crippen molar-refractivity contribution in [2.24, 2.45) is 0 Å². The molecule has 0 fully saturated rings. The molecule has 4 aliphatic heterocycles. The Hall–Kier alpha value is -10.2. The van der Waals surface area contributed by atoms with Crippen molar-refractivity contribution < 1.29 is 0 Å². The summed E-state index contributed by atoms with van der Waals surface area (Å²) < 4.78 is 2.47. The van der Waals surface area contributed by atoms with Gasteiger partial charge in [-0.3, -0.25) is 0 Å². The average Bonchev–Trinajstić information content (AvgIpc) is 0.912. The molecule has 0 radical (unpaired) electrons. The van der Waals surface area contributed by atoms with E-state index in [1.54, 1.807) is 0 Å². The molecule has 17 rings (SSSR count). The Bertz CT molecular complexity index is 5950. The number of fused-ring (bicyclic) bond motifs is 11. The number of hydrogen-bond donors (Lipinski definition) is 0. The number of rotatable bonds is 5. The van der Waals surface area contributed by atoms with Gasteiger partial charge in [0.1, 0.15) is 0 Å². The maximum atomic E-state index is 2.62. The minimum Gasteiger partial charge on any atom is -0.311 e. The largest absolute Gasteiger partial charge is 0.311 e. The number of benzene rings is 12. The molecule has 5 nitrogen and oxygen atoms in total. The van der Waals surface area contributed by atoms with Crippen LogP contribution in [0.15, 0.2) is 231 Å². The van der Waals surface area contributed by atoms with Crippen molar-refractivity contribution in [3.63, 3.8) is 0 Å². The Labute approximate surface area is 702 Å². The summed E-state index contributed by atoms with van der Waals surface area (Å²) in [6, 6.07) is 90.0. The first-order valence-corrected chi connectivity index (χ1v) is 43.1. The molecule has 0 N–H and O–H groups in total. The van der Waals surface area contributed by atoms with Crippen molar-refractivity contribution >= 4 is 136 Å². The molecule has 13 aromatic rings. The number of aromatic nitrogens is 1. The van der Waals surface area contributed by atoms with E-state index in [-0.39, 0.29) is 62.2 Å². The Morgan fingerprint density at radius 2 is 0.462 bits per heavy atom. The standard InChI is InChI=1S/C59H62BN3.C51H63BN2/c1-37-28-53-55-54(29-37)63(44-34-40(58(8,9)10)31-41(35-44)59(11,12)13)52-36-42(61-49-23-17-14-20-45(49)46-21-15-18-24-50(46)61)26-27-48(52)60(55)47-22-16-19-25-51(47)62(53)43-32-38(56(2,3)4)30-39(33-43)57(5,6)7;1-32-23-44-46-45(24-32)54(39-29-36(50(11,12)13)26-37(30-39)51(14,15)16)43-22-21-33(47(2,3)4)31-41(43)52(46)40-19-17-18-20-42(40)53(44)38-27-34(48(5,6)7)25-35(28-38)49(8,9)10/h14-36H,1-13H3;17-31H,1-16H3. The highest BCUT2D eigenvalue weighted by Gasteiger charge is 2.47. The van der Waals surface area contributed by atoms with E-state index in [4.69, 9.17) is 0 Å². The van der Waals surface area contributed by atoms with Gasteiger partial charge in [-0.05, 0) is 272 Å². The molecule has 0 aliphatic carbocycles. The third kappa shape index (κ3) is 14.3. The van der Waals surface area contributed by atoms with Crippen molar-refractivity contribution in [2.45, 2.75) is 250 Å². The second-order valence-corrected chi connectivity index (χ2v) is 44.0. The van der Waals surface area contributed by atoms with Crippen LogP contribution >= 0.6 is 0 Å². The summed E-state index contributed by atoms with van der Waals surface area (Å²) >= 11 is 0. The number of aryl methyl sites for hydroxylation is 2. The number of para-hydroxylation sites is 4. The maximum Gasteiger partial charge on any atom is 0.252 e. The zero-order valence-electron chi connectivity index (χ0n) is 75.8. The SMILES string of the molecule is Cc1cc2c3c(c1)N(c1cc(C(C)(C)C)cc(C(C)(C)C)c1)c1cc(-n4c5ccccc5c5ccccc54)ccc1B3c1ccccc1N2c1cc(C(C)(C)C)cc(C(C)(C)C)c1.Cc1cc2c3c(c1)N(c1cc(C(C)(C)C)cc(C(C)(C)C)c1)c1ccc(C(C)(C)C)cc1B3c1ccccc1N2c1cc(C(C)(C)C)cc(C(C)(C)C)c1. The fourth-order valence-electron chi connectivity index (χ4n) is 18.5. The van der Waals surface area contributed by atoms with Gasteiger partial charge in [0, 0.05) is 84.7 Å². The molecule has 596 valence electrons. The summed E-state index contributed by atoms with van der Waals surface area (Å²) in [4.78, 5) is 10.4. The molecule has 7 heteroatoms. The van der Waals surface area contributed by atoms with Crippen molar-refractivity contribution in [3.05, 3.63) is 292 Å². The van der Waals surface area contributed by atoms with E-state index in [9.17, 15) is 0 Å². The molecule has 0 saturated heterocycles. The quantitative estimate of drug-likeness (QED) is 0.160. The lowest BCUT2D eigenvalue weighted by atomic mass is 9.33. The summed E-state index contributed by atoms with van der Waals surface area (Å²) in [5, 5.41) is 2.54. The number of hydrogen-bond acceptors (Lipinski definition) is 4. The normalized spacial score (nSPS) is 14.3. The maximum absolute atomic E-state index is 2.62. The zero-order chi connectivity index (χ0) is 84.0. The van der Waals surface area contributed by atoms with Crippen LogP contribution in [0.3, 0.4) is 0 Å². The lowest BCUT2D eigenvalue weighted by Gasteiger charge is -2.45. The van der Waals surface area contributed by atoms with Crippen LogP contribution in [0.25, 0.3) is 27.5 Å². The molecular weight excluding hydrogens is 1410 g/mol. The summed E-state index contributed by atoms with van der Waals surface area (Å²) in [5.74, 6) is 0. The molecular formula is C110H125B2N5. The van der Waals surface area contributed by atoms with E-state index < -0.39 is 0 Å². The number of nitrogens with zero attached hydrogens (tertiary/aromatic N) is 5. The third-order valence-corrected chi connectivity index (χ3v) is 25.6. The molecule has 0 saturated carbocycles. The Kier molecular flexibility index (Phi) is 19.1. The van der Waals surface area contributed by atoms with Gasteiger partial charge < -0.3 is 24.2 Å². The Morgan fingerprint density at radius 3 is 0.778 bits per heavy atom. The predicted octanol–water partition coefficient (Wildman–Crippen LogP) is 26.9. The minimum absolute atomic E-state index is 0.00180. The second-order valence-electron chi connectivity index (χ2n) is 44.0. The summed E-state index contributed by atoms with van der Waals surface area (Å²) in [5.41, 5.74) is 41.3. The van der Waals surface area contributed by atoms with Crippen molar-refractivity contribution in [1.82, 2.24) is 4.57 Å². The van der Waals surface area contributed by atoms with Crippen LogP contribution in [-0.2, 0) is 48.7 Å². The predicted molar refractivity (Wildman–Crippen MR) is 513 cm³/mol. The molecule has 4 aliphatic rings. The summed E-state index contributed by atoms with van der Waals surface area (Å²) in [6.45, 7) is 67.9. The molecule has 0 atom stereocenters. The smallest absolute Gasteiger partial charge is 0.252 e. The van der Waals surface area contributed by atoms with Crippen LogP contribution < -0.4 is 52.4 Å². The van der Waals surface area contributed by atoms with Gasteiger partial charge in [-0.2, -0.15) is 0 Å². The van der Waals surface area contributed by atoms with Crippen LogP contribution in [0.1, 0.15) is 248 Å². The monoisotopic (exact) mass is 1540 g/mol. The van der Waals surface area contributed by atoms with Crippen LogP contribution in [0, 0.1) is 13.8 Å². The van der Waals surface area contributed by atoms with Gasteiger partial charge in [0.15, 0.2) is 0 Å². The van der Waals surface area contributed by atoms with Gasteiger partial charge >= 0.3 is 0 Å². The highest BCUT2D eigenvalue weighted by Crippen LogP contribution is 2.52. The number of anilines is 12. The molecule has 0 bridgehead atoms. The molecule has 0 unspecified atom stereocenters. The van der Waals surface area contributed by atoms with Gasteiger partial charge in [-0.25, -0.2) is 0 Å². The first-order chi connectivity index (χ1) is 54.5. The fraction of sp³-hybridized carbons (Fsp3) is 0.345. The molecule has 0 amide bonds. The highest BCUT2D eigenvalue weighted by molar-refractivity contribution is 7.01. The first kappa shape index (κ1) is 80.6. The minimum atomic E-state index is -0.0490. The lowest BCUT2D eigenvalue weighted by Crippen LogP contribution is -2.61. The van der Waals surface area contributed by atoms with Crippen LogP contribution in [-0.4, -0.2) is 18.0 Å². The van der Waals surface area contributed by atoms with E-state index in [0.29, 0.717) is 0 Å². The van der Waals surface area contributed by atoms with E-state index in [1.165, 1.54) is 184 Å². The molecule has 0 spiro atoms. The van der Waals surface area contributed by atoms with E-state index >= 15 is 0 Å². The Balaban J connectivity index is 0.000000177. The molecule has 1 aromatic heterocycles. The van der Waals surface area contributed by atoms with Crippen molar-refractivity contribution in [1.29, 1.82) is 0 Å². The zero-order valence-corrected chi connectivity index (χ0v) is 75.8. The Morgan fingerprint density at radius 1 is 0.197 bits per heavy atom. The third-order valence-electron chi connectivity index (χ3n) is 25.6. The van der Waals surface area contributed by atoms with Crippen LogP contribution in [0.5, 0.6) is 0 Å². The molecule has 12 aromatic carbocycles. The highest BCUT2D eigenvalue weighted by atomic mass is 15.2. The first-order valence-electron chi connectivity index (χ1n) is 43.1. The van der Waals surface area contributed by atoms with E-state index in [1.807, 2.05) is 0 Å². The average molecular weight is 1540 g/mol. The van der Waals surface area contributed by atoms with Crippen LogP contribution in [0.4, 0.5) is 68.2 Å². The van der Waals surface area contributed by atoms with Gasteiger partial charge in [-0.1, -0.05) is 302 Å². The topological polar surface area (TPSA) is 17.9 Å². The van der Waals surface area contributed by atoms with Gasteiger partial charge in [0.05, 0.1) is 11.0 Å². The van der Waals surface area contributed by atoms with Crippen LogP contribution in [0.2, 0.25) is 0 Å². The van der Waals surface area contributed by atoms with E-state index in [0.717, 1.165) is 5.69 Å². The van der Waals surface area contributed by atoms with Gasteiger partial charge in [0.25, 0.3) is 13.4 Å². The second kappa shape index (κ2) is 27.7. The summed E-state index contributed by atoms with van der Waals surface area (Å²) in [6.07, 6.45) is 0. The lowest BCUT2D eigenvalue weighted by molar-refractivity contribution is 0.568.